The van der Waals surface area contributed by atoms with Crippen LogP contribution in [0.15, 0.2) is 29.2 Å². The van der Waals surface area contributed by atoms with E-state index in [0.29, 0.717) is 13.0 Å². The molecule has 0 aliphatic heterocycles. The van der Waals surface area contributed by atoms with Crippen LogP contribution in [0.1, 0.15) is 23.2 Å². The average molecular weight is 233 g/mol. The first-order valence-electron chi connectivity index (χ1n) is 5.14. The molecule has 1 rings (SSSR count). The van der Waals surface area contributed by atoms with Gasteiger partial charge < -0.3 is 5.32 Å². The van der Waals surface area contributed by atoms with E-state index in [0.717, 1.165) is 16.9 Å². The van der Waals surface area contributed by atoms with E-state index in [9.17, 15) is 4.79 Å². The van der Waals surface area contributed by atoms with Gasteiger partial charge in [0.05, 0.1) is 5.56 Å². The summed E-state index contributed by atoms with van der Waals surface area (Å²) in [7, 11) is 0. The van der Waals surface area contributed by atoms with Crippen LogP contribution in [0.3, 0.4) is 0 Å². The van der Waals surface area contributed by atoms with E-state index in [1.807, 2.05) is 30.5 Å². The van der Waals surface area contributed by atoms with Gasteiger partial charge in [-0.25, -0.2) is 0 Å². The Bertz CT molecular complexity index is 395. The number of benzene rings is 1. The third-order valence-electron chi connectivity index (χ3n) is 2.14. The largest absolute Gasteiger partial charge is 0.352 e. The van der Waals surface area contributed by atoms with Gasteiger partial charge in [0.1, 0.15) is 0 Å². The van der Waals surface area contributed by atoms with Gasteiger partial charge in [0.15, 0.2) is 0 Å². The Morgan fingerprint density at radius 1 is 1.50 bits per heavy atom. The fourth-order valence-corrected chi connectivity index (χ4v) is 1.92. The highest BCUT2D eigenvalue weighted by atomic mass is 32.2. The average Bonchev–Trinajstić information content (AvgIpc) is 2.34. The summed E-state index contributed by atoms with van der Waals surface area (Å²) in [6.45, 7) is 0.631. The van der Waals surface area contributed by atoms with Crippen LogP contribution in [-0.4, -0.2) is 18.7 Å². The molecule has 3 heteroatoms. The van der Waals surface area contributed by atoms with Gasteiger partial charge in [0.2, 0.25) is 0 Å². The van der Waals surface area contributed by atoms with Crippen molar-refractivity contribution in [1.82, 2.24) is 5.32 Å². The Hall–Kier alpha value is -1.40. The second kappa shape index (κ2) is 6.97. The molecule has 1 aromatic rings. The van der Waals surface area contributed by atoms with Crippen molar-refractivity contribution in [3.8, 4) is 12.3 Å². The minimum Gasteiger partial charge on any atom is -0.352 e. The molecule has 0 atom stereocenters. The highest BCUT2D eigenvalue weighted by molar-refractivity contribution is 7.98. The lowest BCUT2D eigenvalue weighted by Gasteiger charge is -2.07. The first kappa shape index (κ1) is 12.7. The van der Waals surface area contributed by atoms with E-state index in [4.69, 9.17) is 6.42 Å². The standard InChI is InChI=1S/C13H15NOS/c1-3-4-7-10-14-13(15)11-8-5-6-9-12(11)16-2/h1,5-6,8-9H,4,7,10H2,2H3,(H,14,15). The van der Waals surface area contributed by atoms with Crippen LogP contribution in [0.5, 0.6) is 0 Å². The van der Waals surface area contributed by atoms with Crippen LogP contribution in [0.2, 0.25) is 0 Å². The fourth-order valence-electron chi connectivity index (χ4n) is 1.32. The number of carbonyl (C=O) groups is 1. The van der Waals surface area contributed by atoms with Gasteiger partial charge in [-0.15, -0.1) is 24.1 Å². The van der Waals surface area contributed by atoms with Crippen LogP contribution in [0.25, 0.3) is 0 Å². The molecule has 0 aliphatic carbocycles. The molecule has 1 N–H and O–H groups in total. The van der Waals surface area contributed by atoms with Gasteiger partial charge in [0, 0.05) is 17.9 Å². The van der Waals surface area contributed by atoms with Crippen molar-refractivity contribution in [2.24, 2.45) is 0 Å². The Balaban J connectivity index is 2.56. The van der Waals surface area contributed by atoms with Gasteiger partial charge in [0.25, 0.3) is 5.91 Å². The molecule has 0 heterocycles. The normalized spacial score (nSPS) is 9.50. The molecule has 84 valence electrons. The maximum Gasteiger partial charge on any atom is 0.252 e. The lowest BCUT2D eigenvalue weighted by atomic mass is 10.2. The fraction of sp³-hybridized carbons (Fsp3) is 0.308. The van der Waals surface area contributed by atoms with Crippen molar-refractivity contribution >= 4 is 17.7 Å². The molecule has 0 radical (unpaired) electrons. The molecule has 1 aromatic carbocycles. The number of hydrogen-bond acceptors (Lipinski definition) is 2. The minimum absolute atomic E-state index is 0.0260. The monoisotopic (exact) mass is 233 g/mol. The summed E-state index contributed by atoms with van der Waals surface area (Å²) in [4.78, 5) is 12.8. The molecule has 0 saturated heterocycles. The maximum absolute atomic E-state index is 11.8. The number of hydrogen-bond donors (Lipinski definition) is 1. The lowest BCUT2D eigenvalue weighted by Crippen LogP contribution is -2.24. The molecule has 16 heavy (non-hydrogen) atoms. The van der Waals surface area contributed by atoms with E-state index in [-0.39, 0.29) is 5.91 Å². The van der Waals surface area contributed by atoms with Crippen LogP contribution < -0.4 is 5.32 Å². The number of rotatable bonds is 5. The Kier molecular flexibility index (Phi) is 5.52. The molecular weight excluding hydrogens is 218 g/mol. The van der Waals surface area contributed by atoms with Gasteiger partial charge >= 0.3 is 0 Å². The second-order valence-corrected chi connectivity index (χ2v) is 4.11. The SMILES string of the molecule is C#CCCCNC(=O)c1ccccc1SC. The molecule has 0 fully saturated rings. The first-order chi connectivity index (χ1) is 7.79. The summed E-state index contributed by atoms with van der Waals surface area (Å²) in [6.07, 6.45) is 8.62. The zero-order chi connectivity index (χ0) is 11.8. The summed E-state index contributed by atoms with van der Waals surface area (Å²) in [5.41, 5.74) is 0.732. The van der Waals surface area contributed by atoms with Crippen LogP contribution in [-0.2, 0) is 0 Å². The van der Waals surface area contributed by atoms with Crippen LogP contribution in [0.4, 0.5) is 0 Å². The molecular formula is C13H15NOS. The third-order valence-corrected chi connectivity index (χ3v) is 2.93. The van der Waals surface area contributed by atoms with Crippen molar-refractivity contribution in [2.75, 3.05) is 12.8 Å². The summed E-state index contributed by atoms with van der Waals surface area (Å²) < 4.78 is 0. The van der Waals surface area contributed by atoms with E-state index < -0.39 is 0 Å². The maximum atomic E-state index is 11.8. The second-order valence-electron chi connectivity index (χ2n) is 3.26. The zero-order valence-corrected chi connectivity index (χ0v) is 10.1. The van der Waals surface area contributed by atoms with Gasteiger partial charge in [-0.2, -0.15) is 0 Å². The Morgan fingerprint density at radius 3 is 2.94 bits per heavy atom. The zero-order valence-electron chi connectivity index (χ0n) is 9.32. The van der Waals surface area contributed by atoms with Crippen LogP contribution >= 0.6 is 11.8 Å². The summed E-state index contributed by atoms with van der Waals surface area (Å²) >= 11 is 1.57. The number of carbonyl (C=O) groups excluding carboxylic acids is 1. The van der Waals surface area contributed by atoms with Crippen LogP contribution in [0, 0.1) is 12.3 Å². The molecule has 1 amide bonds. The predicted octanol–water partition coefficient (Wildman–Crippen LogP) is 2.55. The number of nitrogens with one attached hydrogen (secondary N) is 1. The smallest absolute Gasteiger partial charge is 0.252 e. The highest BCUT2D eigenvalue weighted by Gasteiger charge is 2.08. The predicted molar refractivity (Wildman–Crippen MR) is 68.6 cm³/mol. The van der Waals surface area contributed by atoms with Crippen molar-refractivity contribution in [2.45, 2.75) is 17.7 Å². The number of unbranched alkanes of at least 4 members (excludes halogenated alkanes) is 1. The van der Waals surface area contributed by atoms with Gasteiger partial charge in [-0.1, -0.05) is 12.1 Å². The minimum atomic E-state index is -0.0260. The van der Waals surface area contributed by atoms with Gasteiger partial charge in [-0.05, 0) is 24.8 Å². The molecule has 0 unspecified atom stereocenters. The van der Waals surface area contributed by atoms with Crippen molar-refractivity contribution in [1.29, 1.82) is 0 Å². The van der Waals surface area contributed by atoms with Crippen molar-refractivity contribution in [3.63, 3.8) is 0 Å². The van der Waals surface area contributed by atoms with E-state index in [2.05, 4.69) is 11.2 Å². The Morgan fingerprint density at radius 2 is 2.25 bits per heavy atom. The number of terminal acetylenes is 1. The molecule has 2 nitrogen and oxygen atoms in total. The molecule has 0 spiro atoms. The third kappa shape index (κ3) is 3.63. The summed E-state index contributed by atoms with van der Waals surface area (Å²) in [5.74, 6) is 2.52. The van der Waals surface area contributed by atoms with E-state index in [1.54, 1.807) is 11.8 Å². The van der Waals surface area contributed by atoms with Crippen molar-refractivity contribution < 1.29 is 4.79 Å². The summed E-state index contributed by atoms with van der Waals surface area (Å²) in [5, 5.41) is 2.86. The Labute approximate surface area is 101 Å². The van der Waals surface area contributed by atoms with Crippen molar-refractivity contribution in [3.05, 3.63) is 29.8 Å². The van der Waals surface area contributed by atoms with Gasteiger partial charge in [-0.3, -0.25) is 4.79 Å². The van der Waals surface area contributed by atoms with E-state index in [1.165, 1.54) is 0 Å². The number of amides is 1. The molecule has 0 aliphatic rings. The lowest BCUT2D eigenvalue weighted by molar-refractivity contribution is 0.0950. The highest BCUT2D eigenvalue weighted by Crippen LogP contribution is 2.19. The number of thioether (sulfide) groups is 1. The topological polar surface area (TPSA) is 29.1 Å². The first-order valence-corrected chi connectivity index (χ1v) is 6.36. The molecule has 0 saturated carbocycles. The molecule has 0 aromatic heterocycles. The van der Waals surface area contributed by atoms with E-state index >= 15 is 0 Å². The quantitative estimate of drug-likeness (QED) is 0.481. The summed E-state index contributed by atoms with van der Waals surface area (Å²) in [6, 6.07) is 7.58. The molecule has 0 bridgehead atoms.